The van der Waals surface area contributed by atoms with Crippen molar-refractivity contribution in [3.8, 4) is 11.5 Å². The van der Waals surface area contributed by atoms with Crippen LogP contribution in [-0.2, 0) is 26.0 Å². The lowest BCUT2D eigenvalue weighted by Gasteiger charge is -2.27. The predicted octanol–water partition coefficient (Wildman–Crippen LogP) is 3.41. The molecule has 0 N–H and O–H groups in total. The lowest BCUT2D eigenvalue weighted by molar-refractivity contribution is -0.122. The number of benzene rings is 3. The van der Waals surface area contributed by atoms with Crippen LogP contribution in [0.15, 0.2) is 77.7 Å². The number of amides is 2. The summed E-state index contributed by atoms with van der Waals surface area (Å²) in [5, 5.41) is 0. The molecule has 1 aliphatic heterocycles. The quantitative estimate of drug-likeness (QED) is 0.408. The lowest BCUT2D eigenvalue weighted by atomic mass is 10.1. The van der Waals surface area contributed by atoms with Crippen LogP contribution in [0.1, 0.15) is 12.0 Å². The van der Waals surface area contributed by atoms with Gasteiger partial charge in [-0.25, -0.2) is 17.7 Å². The van der Waals surface area contributed by atoms with E-state index >= 15 is 0 Å². The number of ether oxygens (including phenoxy) is 2. The van der Waals surface area contributed by atoms with Gasteiger partial charge in [0.05, 0.1) is 31.2 Å². The number of sulfonamides is 1. The molecule has 10 heteroatoms. The molecule has 0 bridgehead atoms. The van der Waals surface area contributed by atoms with Crippen LogP contribution in [0, 0.1) is 5.82 Å². The van der Waals surface area contributed by atoms with Gasteiger partial charge in [-0.2, -0.15) is 4.31 Å². The number of carbonyl (C=O) groups excluding carboxylic acids is 2. The van der Waals surface area contributed by atoms with Gasteiger partial charge in [-0.05, 0) is 60.5 Å². The van der Waals surface area contributed by atoms with Gasteiger partial charge in [-0.15, -0.1) is 0 Å². The molecule has 2 amide bonds. The van der Waals surface area contributed by atoms with E-state index in [2.05, 4.69) is 0 Å². The minimum Gasteiger partial charge on any atom is -0.493 e. The van der Waals surface area contributed by atoms with Crippen molar-refractivity contribution in [1.82, 2.24) is 4.31 Å². The minimum absolute atomic E-state index is 0.0118. The second kappa shape index (κ2) is 10.5. The van der Waals surface area contributed by atoms with E-state index in [1.54, 1.807) is 36.4 Å². The van der Waals surface area contributed by atoms with Crippen molar-refractivity contribution < 1.29 is 31.9 Å². The lowest BCUT2D eigenvalue weighted by Crippen LogP contribution is -2.46. The first-order valence-electron chi connectivity index (χ1n) is 11.2. The highest BCUT2D eigenvalue weighted by Crippen LogP contribution is 2.31. The van der Waals surface area contributed by atoms with Crippen LogP contribution in [0.3, 0.4) is 0 Å². The average molecular weight is 513 g/mol. The highest BCUT2D eigenvalue weighted by molar-refractivity contribution is 7.89. The molecule has 0 aliphatic carbocycles. The van der Waals surface area contributed by atoms with Gasteiger partial charge in [0.2, 0.25) is 15.9 Å². The zero-order chi connectivity index (χ0) is 25.9. The second-order valence-corrected chi connectivity index (χ2v) is 10.0. The van der Waals surface area contributed by atoms with E-state index in [0.717, 1.165) is 26.9 Å². The predicted molar refractivity (Wildman–Crippen MR) is 131 cm³/mol. The maximum atomic E-state index is 13.7. The maximum Gasteiger partial charge on any atom is 0.252 e. The molecule has 1 atom stereocenters. The van der Waals surface area contributed by atoms with Crippen LogP contribution >= 0.6 is 0 Å². The van der Waals surface area contributed by atoms with Gasteiger partial charge in [-0.3, -0.25) is 9.59 Å². The molecule has 0 spiro atoms. The van der Waals surface area contributed by atoms with Crippen LogP contribution in [0.4, 0.5) is 10.1 Å². The molecule has 3 aromatic rings. The van der Waals surface area contributed by atoms with Crippen LogP contribution < -0.4 is 14.4 Å². The molecule has 1 aliphatic rings. The van der Waals surface area contributed by atoms with E-state index in [0.29, 0.717) is 11.5 Å². The molecular formula is C26H25FN2O6S. The molecule has 1 unspecified atom stereocenters. The van der Waals surface area contributed by atoms with Gasteiger partial charge >= 0.3 is 0 Å². The molecule has 1 heterocycles. The van der Waals surface area contributed by atoms with Crippen molar-refractivity contribution in [3.63, 3.8) is 0 Å². The van der Waals surface area contributed by atoms with Crippen molar-refractivity contribution in [1.29, 1.82) is 0 Å². The summed E-state index contributed by atoms with van der Waals surface area (Å²) in [6.45, 7) is -0.0618. The summed E-state index contributed by atoms with van der Waals surface area (Å²) >= 11 is 0. The van der Waals surface area contributed by atoms with E-state index in [4.69, 9.17) is 9.47 Å². The van der Waals surface area contributed by atoms with E-state index < -0.39 is 33.7 Å². The Hall–Kier alpha value is -3.76. The summed E-state index contributed by atoms with van der Waals surface area (Å²) in [6.07, 6.45) is -0.0743. The van der Waals surface area contributed by atoms with Gasteiger partial charge in [-0.1, -0.05) is 24.3 Å². The molecule has 0 radical (unpaired) electrons. The Labute approximate surface area is 208 Å². The standard InChI is InChI=1S/C26H25FN2O6S/c1-34-23-13-8-18(16-24(23)35-2)14-15-28(36(32,33)21-6-4-3-5-7-21)22-17-25(30)29(26(22)31)20-11-9-19(27)10-12-20/h3-13,16,22H,14-15,17H2,1-2H3. The average Bonchev–Trinajstić information content (AvgIpc) is 3.18. The second-order valence-electron chi connectivity index (χ2n) is 8.13. The molecule has 3 aromatic carbocycles. The van der Waals surface area contributed by atoms with Crippen LogP contribution in [0.5, 0.6) is 11.5 Å². The molecule has 8 nitrogen and oxygen atoms in total. The first-order chi connectivity index (χ1) is 17.3. The van der Waals surface area contributed by atoms with E-state index in [1.165, 1.54) is 38.5 Å². The van der Waals surface area contributed by atoms with Crippen molar-refractivity contribution in [2.24, 2.45) is 0 Å². The van der Waals surface area contributed by atoms with Crippen molar-refractivity contribution >= 4 is 27.5 Å². The molecule has 4 rings (SSSR count). The summed E-state index contributed by atoms with van der Waals surface area (Å²) in [5.41, 5.74) is 0.943. The van der Waals surface area contributed by atoms with Gasteiger partial charge in [0.1, 0.15) is 11.9 Å². The number of methoxy groups -OCH3 is 2. The highest BCUT2D eigenvalue weighted by Gasteiger charge is 2.46. The Bertz CT molecular complexity index is 1360. The van der Waals surface area contributed by atoms with Crippen LogP contribution in [-0.4, -0.2) is 51.3 Å². The number of rotatable bonds is 9. The van der Waals surface area contributed by atoms with Crippen LogP contribution in [0.25, 0.3) is 0 Å². The molecule has 1 saturated heterocycles. The molecule has 36 heavy (non-hydrogen) atoms. The maximum absolute atomic E-state index is 13.7. The number of carbonyl (C=O) groups is 2. The van der Waals surface area contributed by atoms with E-state index in [-0.39, 0.29) is 30.0 Å². The monoisotopic (exact) mass is 512 g/mol. The molecule has 188 valence electrons. The van der Waals surface area contributed by atoms with Gasteiger partial charge < -0.3 is 9.47 Å². The third-order valence-corrected chi connectivity index (χ3v) is 7.90. The normalized spacial score (nSPS) is 16.0. The summed E-state index contributed by atoms with van der Waals surface area (Å²) in [4.78, 5) is 27.1. The Kier molecular flexibility index (Phi) is 7.37. The van der Waals surface area contributed by atoms with Crippen molar-refractivity contribution in [3.05, 3.63) is 84.2 Å². The van der Waals surface area contributed by atoms with Gasteiger partial charge in [0.25, 0.3) is 5.91 Å². The van der Waals surface area contributed by atoms with E-state index in [9.17, 15) is 22.4 Å². The van der Waals surface area contributed by atoms with E-state index in [1.807, 2.05) is 0 Å². The first-order valence-corrected chi connectivity index (χ1v) is 12.6. The van der Waals surface area contributed by atoms with Gasteiger partial charge in [0, 0.05) is 6.54 Å². The minimum atomic E-state index is -4.13. The third-order valence-electron chi connectivity index (χ3n) is 5.97. The van der Waals surface area contributed by atoms with Crippen molar-refractivity contribution in [2.75, 3.05) is 25.7 Å². The number of nitrogens with zero attached hydrogens (tertiary/aromatic N) is 2. The third kappa shape index (κ3) is 4.95. The van der Waals surface area contributed by atoms with Crippen molar-refractivity contribution in [2.45, 2.75) is 23.8 Å². The fourth-order valence-electron chi connectivity index (χ4n) is 4.15. The fourth-order valence-corrected chi connectivity index (χ4v) is 5.75. The number of anilines is 1. The van der Waals surface area contributed by atoms with Crippen LogP contribution in [0.2, 0.25) is 0 Å². The number of hydrogen-bond acceptors (Lipinski definition) is 6. The van der Waals surface area contributed by atoms with Gasteiger partial charge in [0.15, 0.2) is 11.5 Å². The zero-order valence-corrected chi connectivity index (χ0v) is 20.6. The highest BCUT2D eigenvalue weighted by atomic mass is 32.2. The summed E-state index contributed by atoms with van der Waals surface area (Å²) in [7, 11) is -1.12. The Morgan fingerprint density at radius 3 is 2.25 bits per heavy atom. The molecule has 0 aromatic heterocycles. The Balaban J connectivity index is 1.68. The number of hydrogen-bond donors (Lipinski definition) is 0. The Morgan fingerprint density at radius 2 is 1.61 bits per heavy atom. The molecular weight excluding hydrogens is 487 g/mol. The zero-order valence-electron chi connectivity index (χ0n) is 19.8. The number of halogens is 1. The molecule has 1 fully saturated rings. The Morgan fingerprint density at radius 1 is 0.944 bits per heavy atom. The number of imide groups is 1. The SMILES string of the molecule is COc1ccc(CCN(C2CC(=O)N(c3ccc(F)cc3)C2=O)S(=O)(=O)c2ccccc2)cc1OC. The topological polar surface area (TPSA) is 93.2 Å². The fraction of sp³-hybridized carbons (Fsp3) is 0.231. The smallest absolute Gasteiger partial charge is 0.252 e. The largest absolute Gasteiger partial charge is 0.493 e. The molecule has 0 saturated carbocycles. The first kappa shape index (κ1) is 25.3. The summed E-state index contributed by atoms with van der Waals surface area (Å²) in [5.74, 6) is -0.740. The summed E-state index contributed by atoms with van der Waals surface area (Å²) in [6, 6.07) is 16.6. The summed E-state index contributed by atoms with van der Waals surface area (Å²) < 4.78 is 52.4.